The molecule has 174 valence electrons. The fourth-order valence-electron chi connectivity index (χ4n) is 3.88. The molecule has 1 aliphatic rings. The monoisotopic (exact) mass is 450 g/mol. The Morgan fingerprint density at radius 1 is 1.21 bits per heavy atom. The van der Waals surface area contributed by atoms with Crippen LogP contribution in [-0.4, -0.2) is 26.8 Å². The first-order valence-electron chi connectivity index (χ1n) is 11.1. The van der Waals surface area contributed by atoms with Crippen LogP contribution in [0.2, 0.25) is 0 Å². The van der Waals surface area contributed by atoms with E-state index >= 15 is 0 Å². The fourth-order valence-corrected chi connectivity index (χ4v) is 3.88. The van der Waals surface area contributed by atoms with Gasteiger partial charge in [-0.15, -0.1) is 0 Å². The van der Waals surface area contributed by atoms with Crippen molar-refractivity contribution in [3.63, 3.8) is 0 Å². The molecule has 1 unspecified atom stereocenters. The molecule has 0 radical (unpaired) electrons. The molecule has 1 fully saturated rings. The van der Waals surface area contributed by atoms with E-state index < -0.39 is 11.8 Å². The predicted octanol–water partition coefficient (Wildman–Crippen LogP) is 3.88. The number of benzene rings is 1. The van der Waals surface area contributed by atoms with Crippen LogP contribution in [0.4, 0.5) is 11.7 Å². The summed E-state index contributed by atoms with van der Waals surface area (Å²) in [5, 5.41) is 11.4. The largest absolute Gasteiger partial charge is 0.383 e. The third-order valence-electron chi connectivity index (χ3n) is 6.28. The molecule has 2 amide bonds. The van der Waals surface area contributed by atoms with Gasteiger partial charge in [-0.05, 0) is 51.0 Å². The van der Waals surface area contributed by atoms with Gasteiger partial charge in [0.05, 0.1) is 11.6 Å². The molecule has 33 heavy (non-hydrogen) atoms. The molecular weight excluding hydrogens is 420 g/mol. The number of aromatic nitrogens is 3. The summed E-state index contributed by atoms with van der Waals surface area (Å²) in [6.07, 6.45) is 3.24. The van der Waals surface area contributed by atoms with Gasteiger partial charge in [-0.1, -0.05) is 36.3 Å². The Balaban J connectivity index is 1.48. The van der Waals surface area contributed by atoms with E-state index in [0.29, 0.717) is 22.6 Å². The summed E-state index contributed by atoms with van der Waals surface area (Å²) in [5.41, 5.74) is 15.0. The van der Waals surface area contributed by atoms with E-state index in [1.54, 1.807) is 22.9 Å². The highest BCUT2D eigenvalue weighted by Gasteiger charge is 2.38. The van der Waals surface area contributed by atoms with Crippen molar-refractivity contribution in [3.8, 4) is 11.3 Å². The first kappa shape index (κ1) is 22.6. The van der Waals surface area contributed by atoms with Gasteiger partial charge in [-0.3, -0.25) is 14.9 Å². The summed E-state index contributed by atoms with van der Waals surface area (Å²) in [5.74, 6) is -0.667. The van der Waals surface area contributed by atoms with Gasteiger partial charge in [0.15, 0.2) is 0 Å². The Bertz CT molecular complexity index is 1190. The Kier molecular flexibility index (Phi) is 5.73. The zero-order valence-corrected chi connectivity index (χ0v) is 19.4. The van der Waals surface area contributed by atoms with E-state index in [-0.39, 0.29) is 23.3 Å². The van der Waals surface area contributed by atoms with Crippen molar-refractivity contribution in [1.29, 1.82) is 0 Å². The molecule has 0 aliphatic heterocycles. The second-order valence-electron chi connectivity index (χ2n) is 9.51. The zero-order chi connectivity index (χ0) is 23.9. The minimum Gasteiger partial charge on any atom is -0.383 e. The van der Waals surface area contributed by atoms with Crippen LogP contribution in [0.3, 0.4) is 0 Å². The van der Waals surface area contributed by atoms with Gasteiger partial charge in [0, 0.05) is 17.7 Å². The number of carbonyl (C=O) groups is 2. The van der Waals surface area contributed by atoms with Crippen LogP contribution in [0, 0.1) is 5.41 Å². The number of carbonyl (C=O) groups excluding carboxylic acids is 2. The van der Waals surface area contributed by atoms with Crippen molar-refractivity contribution >= 4 is 23.5 Å². The predicted molar refractivity (Wildman–Crippen MR) is 126 cm³/mol. The van der Waals surface area contributed by atoms with E-state index in [0.717, 1.165) is 17.7 Å². The SMILES string of the molecule is CC(C(=O)Nc1cc(CC2(C)CC2)no1)c1ccc(-c2nn(C(C)C)c(N)c2C(N)=O)cc1. The highest BCUT2D eigenvalue weighted by Crippen LogP contribution is 2.47. The maximum absolute atomic E-state index is 12.7. The molecule has 0 bridgehead atoms. The lowest BCUT2D eigenvalue weighted by Gasteiger charge is -2.11. The van der Waals surface area contributed by atoms with Crippen LogP contribution in [0.15, 0.2) is 34.9 Å². The third-order valence-corrected chi connectivity index (χ3v) is 6.28. The van der Waals surface area contributed by atoms with Crippen LogP contribution in [-0.2, 0) is 11.2 Å². The number of hydrogen-bond acceptors (Lipinski definition) is 6. The van der Waals surface area contributed by atoms with Crippen LogP contribution >= 0.6 is 0 Å². The quantitative estimate of drug-likeness (QED) is 0.475. The molecule has 1 aromatic carbocycles. The Morgan fingerprint density at radius 2 is 1.88 bits per heavy atom. The topological polar surface area (TPSA) is 142 Å². The van der Waals surface area contributed by atoms with Crippen molar-refractivity contribution in [1.82, 2.24) is 14.9 Å². The number of nitrogen functional groups attached to an aromatic ring is 1. The number of nitrogens with one attached hydrogen (secondary N) is 1. The molecule has 2 aromatic heterocycles. The van der Waals surface area contributed by atoms with E-state index in [9.17, 15) is 9.59 Å². The summed E-state index contributed by atoms with van der Waals surface area (Å²) in [7, 11) is 0. The Morgan fingerprint density at radius 3 is 2.45 bits per heavy atom. The van der Waals surface area contributed by atoms with Gasteiger partial charge in [-0.25, -0.2) is 4.68 Å². The minimum atomic E-state index is -0.631. The normalized spacial score (nSPS) is 15.4. The molecule has 1 saturated carbocycles. The van der Waals surface area contributed by atoms with Gasteiger partial charge >= 0.3 is 0 Å². The van der Waals surface area contributed by atoms with Gasteiger partial charge in [0.1, 0.15) is 17.1 Å². The van der Waals surface area contributed by atoms with Crippen molar-refractivity contribution in [2.75, 3.05) is 11.1 Å². The second-order valence-corrected chi connectivity index (χ2v) is 9.51. The number of primary amides is 1. The second kappa shape index (κ2) is 8.38. The lowest BCUT2D eigenvalue weighted by Crippen LogP contribution is -2.18. The smallest absolute Gasteiger partial charge is 0.254 e. The summed E-state index contributed by atoms with van der Waals surface area (Å²) in [6.45, 7) is 7.88. The number of nitrogens with zero attached hydrogens (tertiary/aromatic N) is 3. The van der Waals surface area contributed by atoms with Gasteiger partial charge in [0.2, 0.25) is 11.8 Å². The first-order valence-corrected chi connectivity index (χ1v) is 11.1. The minimum absolute atomic E-state index is 0.0245. The van der Waals surface area contributed by atoms with E-state index in [1.807, 2.05) is 32.9 Å². The van der Waals surface area contributed by atoms with Crippen molar-refractivity contribution in [2.24, 2.45) is 11.1 Å². The molecule has 0 saturated heterocycles. The van der Waals surface area contributed by atoms with Crippen LogP contribution in [0.1, 0.15) is 74.1 Å². The maximum Gasteiger partial charge on any atom is 0.254 e. The molecule has 3 aromatic rings. The van der Waals surface area contributed by atoms with Gasteiger partial charge in [0.25, 0.3) is 5.91 Å². The number of nitrogens with two attached hydrogens (primary N) is 2. The summed E-state index contributed by atoms with van der Waals surface area (Å²) in [6, 6.07) is 9.03. The van der Waals surface area contributed by atoms with E-state index in [2.05, 4.69) is 22.5 Å². The molecule has 1 atom stereocenters. The van der Waals surface area contributed by atoms with E-state index in [4.69, 9.17) is 16.0 Å². The number of amides is 2. The highest BCUT2D eigenvalue weighted by atomic mass is 16.5. The van der Waals surface area contributed by atoms with Crippen LogP contribution in [0.5, 0.6) is 0 Å². The van der Waals surface area contributed by atoms with Crippen molar-refractivity contribution < 1.29 is 14.1 Å². The molecule has 1 aliphatic carbocycles. The van der Waals surface area contributed by atoms with Crippen molar-refractivity contribution in [2.45, 2.75) is 58.9 Å². The molecular formula is C24H30N6O3. The average molecular weight is 451 g/mol. The van der Waals surface area contributed by atoms with Crippen molar-refractivity contribution in [3.05, 3.63) is 47.2 Å². The lowest BCUT2D eigenvalue weighted by atomic mass is 9.97. The Hall–Kier alpha value is -3.62. The summed E-state index contributed by atoms with van der Waals surface area (Å²) < 4.78 is 6.87. The molecule has 9 nitrogen and oxygen atoms in total. The zero-order valence-electron chi connectivity index (χ0n) is 19.4. The summed E-state index contributed by atoms with van der Waals surface area (Å²) >= 11 is 0. The van der Waals surface area contributed by atoms with Gasteiger partial charge in [-0.2, -0.15) is 5.10 Å². The summed E-state index contributed by atoms with van der Waals surface area (Å²) in [4.78, 5) is 24.7. The maximum atomic E-state index is 12.7. The molecule has 5 N–H and O–H groups in total. The van der Waals surface area contributed by atoms with Gasteiger partial charge < -0.3 is 16.0 Å². The molecule has 2 heterocycles. The fraction of sp³-hybridized carbons (Fsp3) is 0.417. The highest BCUT2D eigenvalue weighted by molar-refractivity contribution is 6.03. The molecule has 4 rings (SSSR count). The molecule has 0 spiro atoms. The third kappa shape index (κ3) is 4.62. The van der Waals surface area contributed by atoms with Crippen LogP contribution < -0.4 is 16.8 Å². The number of rotatable bonds is 8. The molecule has 9 heteroatoms. The Labute approximate surface area is 192 Å². The standard InChI is InChI=1S/C24H30N6O3/c1-13(2)30-21(25)19(22(26)31)20(28-30)16-7-5-15(6-8-16)14(3)23(32)27-18-11-17(29-33-18)12-24(4)9-10-24/h5-8,11,13-14H,9-10,12,25H2,1-4H3,(H2,26,31)(H,27,32). The number of anilines is 2. The first-order chi connectivity index (χ1) is 15.6. The lowest BCUT2D eigenvalue weighted by molar-refractivity contribution is -0.117. The average Bonchev–Trinajstić information content (AvgIpc) is 3.16. The number of hydrogen-bond donors (Lipinski definition) is 3. The van der Waals surface area contributed by atoms with E-state index in [1.165, 1.54) is 12.8 Å². The van der Waals surface area contributed by atoms with Crippen LogP contribution in [0.25, 0.3) is 11.3 Å².